The second-order valence-electron chi connectivity index (χ2n) is 1.73. The van der Waals surface area contributed by atoms with Gasteiger partial charge in [0.25, 0.3) is 0 Å². The molecule has 0 saturated heterocycles. The molecule has 0 aliphatic carbocycles. The van der Waals surface area contributed by atoms with E-state index in [1.807, 2.05) is 34.6 Å². The van der Waals surface area contributed by atoms with Crippen molar-refractivity contribution in [3.05, 3.63) is 0 Å². The van der Waals surface area contributed by atoms with E-state index in [1.165, 1.54) is 0 Å². The van der Waals surface area contributed by atoms with Crippen LogP contribution < -0.4 is 5.11 Å². The fourth-order valence-electron chi connectivity index (χ4n) is 0.274. The number of nitrogens with one attached hydrogen (secondary N) is 1. The molecule has 0 rings (SSSR count). The molecule has 0 aliphatic heterocycles. The summed E-state index contributed by atoms with van der Waals surface area (Å²) in [6, 6.07) is 0.417. The largest absolute Gasteiger partial charge is 0.162 e. The maximum absolute atomic E-state index is 3.99. The van der Waals surface area contributed by atoms with Gasteiger partial charge in [0.15, 0.2) is 6.54 Å². The van der Waals surface area contributed by atoms with E-state index < -0.39 is 0 Å². The van der Waals surface area contributed by atoms with Gasteiger partial charge in [-0.15, -0.1) is 5.11 Å². The molecule has 0 fully saturated rings. The molecule has 0 aliphatic rings. The van der Waals surface area contributed by atoms with Crippen molar-refractivity contribution in [2.45, 2.75) is 40.7 Å². The third-order valence-corrected chi connectivity index (χ3v) is 0.508. The first-order chi connectivity index (χ1) is 4.27. The Hall–Kier alpha value is -0.400. The monoisotopic (exact) mass is 131 g/mol. The molecule has 0 bridgehead atoms. The minimum absolute atomic E-state index is 0.417. The van der Waals surface area contributed by atoms with Crippen molar-refractivity contribution in [1.82, 2.24) is 0 Å². The van der Waals surface area contributed by atoms with Gasteiger partial charge in [-0.2, -0.15) is 0 Å². The quantitative estimate of drug-likeness (QED) is 0.541. The fraction of sp³-hybridized carbons (Fsp3) is 1.00. The minimum atomic E-state index is 0.417. The molecule has 0 heterocycles. The van der Waals surface area contributed by atoms with Crippen LogP contribution in [0, 0.1) is 0 Å². The molecule has 56 valence electrons. The minimum Gasteiger partial charge on any atom is -0.142 e. The molecule has 9 heavy (non-hydrogen) atoms. The first-order valence-electron chi connectivity index (χ1n) is 3.70. The SMILES string of the molecule is CC.CC[NH+]=NC(C)C. The van der Waals surface area contributed by atoms with Crippen LogP contribution in [0.4, 0.5) is 0 Å². The number of rotatable bonds is 2. The van der Waals surface area contributed by atoms with Crippen LogP contribution in [0.5, 0.6) is 0 Å². The van der Waals surface area contributed by atoms with Gasteiger partial charge in [-0.25, -0.2) is 0 Å². The van der Waals surface area contributed by atoms with E-state index in [0.717, 1.165) is 6.54 Å². The predicted octanol–water partition coefficient (Wildman–Crippen LogP) is 0.974. The highest BCUT2D eigenvalue weighted by Gasteiger charge is 1.86. The average molecular weight is 131 g/mol. The molecule has 0 aromatic heterocycles. The molecule has 2 heteroatoms. The summed E-state index contributed by atoms with van der Waals surface area (Å²) in [5.74, 6) is 0. The first kappa shape index (κ1) is 11.4. The van der Waals surface area contributed by atoms with Gasteiger partial charge >= 0.3 is 0 Å². The molecule has 0 unspecified atom stereocenters. The van der Waals surface area contributed by atoms with Gasteiger partial charge in [0.05, 0.1) is 0 Å². The molecule has 2 nitrogen and oxygen atoms in total. The third kappa shape index (κ3) is 18.4. The van der Waals surface area contributed by atoms with E-state index in [2.05, 4.69) is 10.2 Å². The Bertz CT molecular complexity index is 57.9. The summed E-state index contributed by atoms with van der Waals surface area (Å²) in [7, 11) is 0. The fourth-order valence-corrected chi connectivity index (χ4v) is 0.274. The van der Waals surface area contributed by atoms with Gasteiger partial charge in [-0.05, 0) is 25.9 Å². The van der Waals surface area contributed by atoms with Gasteiger partial charge < -0.3 is 0 Å². The molecule has 0 spiro atoms. The standard InChI is InChI=1S/C5H12N2.C2H6/c1-4-6-7-5(2)3;1-2/h5H,4H2,1-3H3;1-2H3/p+1. The molecular weight excluding hydrogens is 112 g/mol. The Morgan fingerprint density at radius 3 is 1.89 bits per heavy atom. The van der Waals surface area contributed by atoms with Crippen LogP contribution in [0.1, 0.15) is 34.6 Å². The van der Waals surface area contributed by atoms with E-state index in [9.17, 15) is 0 Å². The van der Waals surface area contributed by atoms with Crippen LogP contribution in [0.3, 0.4) is 0 Å². The highest BCUT2D eigenvalue weighted by atomic mass is 15.1. The summed E-state index contributed by atoms with van der Waals surface area (Å²) >= 11 is 0. The second-order valence-corrected chi connectivity index (χ2v) is 1.73. The summed E-state index contributed by atoms with van der Waals surface area (Å²) in [5.41, 5.74) is 0. The zero-order valence-corrected chi connectivity index (χ0v) is 7.23. The number of hydrogen-bond donors (Lipinski definition) is 1. The molecule has 0 aromatic rings. The zero-order chi connectivity index (χ0) is 7.70. The lowest BCUT2D eigenvalue weighted by Gasteiger charge is -1.81. The topological polar surface area (TPSA) is 26.3 Å². The van der Waals surface area contributed by atoms with Crippen molar-refractivity contribution in [3.63, 3.8) is 0 Å². The third-order valence-electron chi connectivity index (χ3n) is 0.508. The number of hydrogen-bond acceptors (Lipinski definition) is 1. The lowest BCUT2D eigenvalue weighted by atomic mass is 10.4. The maximum Gasteiger partial charge on any atom is 0.162 e. The molecule has 0 radical (unpaired) electrons. The molecule has 0 amide bonds. The molecular formula is C7H19N2+. The molecule has 1 N–H and O–H groups in total. The van der Waals surface area contributed by atoms with Crippen molar-refractivity contribution in [2.24, 2.45) is 5.11 Å². The molecule has 0 aromatic carbocycles. The lowest BCUT2D eigenvalue weighted by Crippen LogP contribution is -2.65. The lowest BCUT2D eigenvalue weighted by molar-refractivity contribution is -0.532. The highest BCUT2D eigenvalue weighted by Crippen LogP contribution is 1.75. The van der Waals surface area contributed by atoms with Gasteiger partial charge in [0.1, 0.15) is 6.04 Å². The van der Waals surface area contributed by atoms with Crippen LogP contribution in [0.25, 0.3) is 0 Å². The highest BCUT2D eigenvalue weighted by molar-refractivity contribution is 4.37. The summed E-state index contributed by atoms with van der Waals surface area (Å²) in [6.07, 6.45) is 0. The van der Waals surface area contributed by atoms with Crippen molar-refractivity contribution in [1.29, 1.82) is 0 Å². The van der Waals surface area contributed by atoms with Crippen molar-refractivity contribution < 1.29 is 5.11 Å². The summed E-state index contributed by atoms with van der Waals surface area (Å²) in [6.45, 7) is 11.1. The van der Waals surface area contributed by atoms with E-state index in [4.69, 9.17) is 0 Å². The Balaban J connectivity index is 0. The normalized spacial score (nSPS) is 9.56. The van der Waals surface area contributed by atoms with E-state index >= 15 is 0 Å². The summed E-state index contributed by atoms with van der Waals surface area (Å²) < 4.78 is 0. The van der Waals surface area contributed by atoms with Crippen LogP contribution in [-0.2, 0) is 0 Å². The maximum atomic E-state index is 3.99. The van der Waals surface area contributed by atoms with E-state index in [-0.39, 0.29) is 0 Å². The Kier molecular flexibility index (Phi) is 13.4. The van der Waals surface area contributed by atoms with Crippen LogP contribution in [0.15, 0.2) is 5.11 Å². The summed E-state index contributed by atoms with van der Waals surface area (Å²) in [5, 5.41) is 6.87. The predicted molar refractivity (Wildman–Crippen MR) is 40.4 cm³/mol. The van der Waals surface area contributed by atoms with Crippen LogP contribution in [0.2, 0.25) is 0 Å². The van der Waals surface area contributed by atoms with Gasteiger partial charge in [0.2, 0.25) is 0 Å². The van der Waals surface area contributed by atoms with E-state index in [1.54, 1.807) is 0 Å². The molecule has 0 atom stereocenters. The molecule has 0 saturated carbocycles. The van der Waals surface area contributed by atoms with Crippen molar-refractivity contribution in [2.75, 3.05) is 6.54 Å². The Labute approximate surface area is 58.4 Å². The second kappa shape index (κ2) is 10.6. The van der Waals surface area contributed by atoms with Crippen molar-refractivity contribution in [3.8, 4) is 0 Å². The Morgan fingerprint density at radius 1 is 1.33 bits per heavy atom. The van der Waals surface area contributed by atoms with Gasteiger partial charge in [-0.1, -0.05) is 13.8 Å². The first-order valence-corrected chi connectivity index (χ1v) is 3.70. The van der Waals surface area contributed by atoms with Crippen molar-refractivity contribution >= 4 is 0 Å². The van der Waals surface area contributed by atoms with Crippen LogP contribution in [-0.4, -0.2) is 12.6 Å². The van der Waals surface area contributed by atoms with Crippen LogP contribution >= 0.6 is 0 Å². The average Bonchev–Trinajstić information content (AvgIpc) is 1.88. The van der Waals surface area contributed by atoms with E-state index in [0.29, 0.717) is 6.04 Å². The number of nitrogens with zero attached hydrogens (tertiary/aromatic N) is 1. The zero-order valence-electron chi connectivity index (χ0n) is 7.23. The Morgan fingerprint density at radius 2 is 1.78 bits per heavy atom. The van der Waals surface area contributed by atoms with Gasteiger partial charge in [0, 0.05) is 0 Å². The summed E-state index contributed by atoms with van der Waals surface area (Å²) in [4.78, 5) is 0. The smallest absolute Gasteiger partial charge is 0.142 e. The van der Waals surface area contributed by atoms with Gasteiger partial charge in [-0.3, -0.25) is 0 Å². The number of azo groups is 1.